The Morgan fingerprint density at radius 1 is 1.23 bits per heavy atom. The first-order valence-electron chi connectivity index (χ1n) is 10.1. The Bertz CT molecular complexity index is 1060. The van der Waals surface area contributed by atoms with E-state index in [0.29, 0.717) is 38.3 Å². The first-order chi connectivity index (χ1) is 14.4. The quantitative estimate of drug-likeness (QED) is 0.705. The zero-order valence-corrected chi connectivity index (χ0v) is 17.3. The van der Waals surface area contributed by atoms with E-state index in [0.717, 1.165) is 18.9 Å². The highest BCUT2D eigenvalue weighted by atomic mass is 32.2. The molecule has 10 heteroatoms. The van der Waals surface area contributed by atoms with Crippen molar-refractivity contribution in [1.29, 1.82) is 0 Å². The molecule has 2 fully saturated rings. The normalized spacial score (nSPS) is 18.7. The molecule has 1 aliphatic carbocycles. The molecule has 1 saturated heterocycles. The summed E-state index contributed by atoms with van der Waals surface area (Å²) in [6.07, 6.45) is 9.11. The van der Waals surface area contributed by atoms with Crippen molar-refractivity contribution in [3.63, 3.8) is 0 Å². The van der Waals surface area contributed by atoms with Crippen LogP contribution in [0.2, 0.25) is 0 Å². The van der Waals surface area contributed by atoms with Gasteiger partial charge in [-0.2, -0.15) is 0 Å². The molecule has 160 valence electrons. The lowest BCUT2D eigenvalue weighted by Gasteiger charge is -2.27. The van der Waals surface area contributed by atoms with Gasteiger partial charge in [-0.15, -0.1) is 0 Å². The summed E-state index contributed by atoms with van der Waals surface area (Å²) in [6.45, 7) is 1.24. The van der Waals surface area contributed by atoms with Crippen LogP contribution in [0.3, 0.4) is 0 Å². The number of hydrogen-bond acceptors (Lipinski definition) is 7. The van der Waals surface area contributed by atoms with E-state index in [1.54, 1.807) is 0 Å². The Balaban J connectivity index is 1.62. The molecule has 0 aromatic carbocycles. The van der Waals surface area contributed by atoms with Crippen LogP contribution in [0, 0.1) is 5.92 Å². The van der Waals surface area contributed by atoms with Crippen LogP contribution in [0.25, 0.3) is 0 Å². The molecule has 3 heterocycles. The van der Waals surface area contributed by atoms with Crippen LogP contribution in [0.5, 0.6) is 0 Å². The topological polar surface area (TPSA) is 120 Å². The average Bonchev–Trinajstić information content (AvgIpc) is 3.60. The van der Waals surface area contributed by atoms with Gasteiger partial charge in [-0.05, 0) is 44.1 Å². The van der Waals surface area contributed by atoms with E-state index in [4.69, 9.17) is 4.74 Å². The second-order valence-electron chi connectivity index (χ2n) is 7.74. The lowest BCUT2D eigenvalue weighted by Crippen LogP contribution is -2.35. The van der Waals surface area contributed by atoms with E-state index in [2.05, 4.69) is 15.3 Å². The second kappa shape index (κ2) is 8.65. The summed E-state index contributed by atoms with van der Waals surface area (Å²) in [6, 6.07) is 1.75. The molecular formula is C20H24N4O5S. The molecule has 9 nitrogen and oxygen atoms in total. The highest BCUT2D eigenvalue weighted by Gasteiger charge is 2.37. The highest BCUT2D eigenvalue weighted by molar-refractivity contribution is 7.92. The monoisotopic (exact) mass is 432 g/mol. The molecule has 2 aromatic rings. The van der Waals surface area contributed by atoms with Crippen LogP contribution >= 0.6 is 0 Å². The van der Waals surface area contributed by atoms with Crippen LogP contribution in [0.15, 0.2) is 46.6 Å². The summed E-state index contributed by atoms with van der Waals surface area (Å²) in [5.74, 6) is 0.125. The Morgan fingerprint density at radius 2 is 2.00 bits per heavy atom. The SMILES string of the molecule is O=C(Nc1cnccn1)C(CC1CCOCC1)n1ccc(S(=O)(=O)C2CC2)cc1=O. The van der Waals surface area contributed by atoms with Crippen molar-refractivity contribution < 1.29 is 17.9 Å². The number of ether oxygens (including phenoxy) is 1. The smallest absolute Gasteiger partial charge is 0.252 e. The molecule has 0 radical (unpaired) electrons. The zero-order valence-electron chi connectivity index (χ0n) is 16.4. The fraction of sp³-hybridized carbons (Fsp3) is 0.500. The first-order valence-corrected chi connectivity index (χ1v) is 11.6. The van der Waals surface area contributed by atoms with Crippen molar-refractivity contribution in [3.05, 3.63) is 47.3 Å². The minimum absolute atomic E-state index is 0.0189. The van der Waals surface area contributed by atoms with Crippen molar-refractivity contribution in [2.45, 2.75) is 48.3 Å². The number of hydrogen-bond donors (Lipinski definition) is 1. The van der Waals surface area contributed by atoms with E-state index in [1.807, 2.05) is 0 Å². The Kier molecular flexibility index (Phi) is 5.96. The molecule has 0 spiro atoms. The number of anilines is 1. The first kappa shape index (κ1) is 20.7. The van der Waals surface area contributed by atoms with E-state index in [9.17, 15) is 18.0 Å². The maximum atomic E-state index is 13.1. The molecule has 1 N–H and O–H groups in total. The number of sulfone groups is 1. The van der Waals surface area contributed by atoms with Gasteiger partial charge in [-0.25, -0.2) is 13.4 Å². The number of rotatable bonds is 7. The summed E-state index contributed by atoms with van der Waals surface area (Å²) in [4.78, 5) is 33.9. The maximum Gasteiger partial charge on any atom is 0.252 e. The maximum absolute atomic E-state index is 13.1. The Hall–Kier alpha value is -2.59. The standard InChI is InChI=1S/C20H24N4O5S/c25-19-12-16(30(27,28)15-1-2-15)3-8-24(19)17(11-14-4-9-29-10-5-14)20(26)23-18-13-21-6-7-22-18/h3,6-8,12-15,17H,1-2,4-5,9-11H2,(H,22,23,26). The summed E-state index contributed by atoms with van der Waals surface area (Å²) >= 11 is 0. The molecule has 2 aromatic heterocycles. The van der Waals surface area contributed by atoms with Crippen LogP contribution in [-0.4, -0.2) is 47.3 Å². The van der Waals surface area contributed by atoms with Crippen LogP contribution in [0.4, 0.5) is 5.82 Å². The molecule has 4 rings (SSSR count). The number of carbonyl (C=O) groups excluding carboxylic acids is 1. The van der Waals surface area contributed by atoms with E-state index in [1.165, 1.54) is 35.4 Å². The Morgan fingerprint density at radius 3 is 2.63 bits per heavy atom. The molecule has 30 heavy (non-hydrogen) atoms. The van der Waals surface area contributed by atoms with Gasteiger partial charge in [0.2, 0.25) is 5.91 Å². The van der Waals surface area contributed by atoms with Gasteiger partial charge in [0.1, 0.15) is 6.04 Å². The van der Waals surface area contributed by atoms with E-state index < -0.39 is 26.7 Å². The highest BCUT2D eigenvalue weighted by Crippen LogP contribution is 2.33. The number of nitrogens with zero attached hydrogens (tertiary/aromatic N) is 3. The largest absolute Gasteiger partial charge is 0.381 e. The van der Waals surface area contributed by atoms with Crippen molar-refractivity contribution in [2.24, 2.45) is 5.92 Å². The van der Waals surface area contributed by atoms with Crippen molar-refractivity contribution in [1.82, 2.24) is 14.5 Å². The van der Waals surface area contributed by atoms with Gasteiger partial charge in [0, 0.05) is 37.9 Å². The van der Waals surface area contributed by atoms with Gasteiger partial charge in [-0.3, -0.25) is 14.6 Å². The summed E-state index contributed by atoms with van der Waals surface area (Å²) in [5.41, 5.74) is -0.511. The number of pyridine rings is 1. The van der Waals surface area contributed by atoms with Crippen molar-refractivity contribution in [3.8, 4) is 0 Å². The predicted molar refractivity (Wildman–Crippen MR) is 109 cm³/mol. The third-order valence-corrected chi connectivity index (χ3v) is 7.82. The zero-order chi connectivity index (χ0) is 21.1. The molecule has 1 aliphatic heterocycles. The van der Waals surface area contributed by atoms with Crippen molar-refractivity contribution in [2.75, 3.05) is 18.5 Å². The summed E-state index contributed by atoms with van der Waals surface area (Å²) in [5, 5.41) is 2.31. The number of carbonyl (C=O) groups is 1. The van der Waals surface area contributed by atoms with Crippen LogP contribution in [-0.2, 0) is 19.4 Å². The van der Waals surface area contributed by atoms with Crippen LogP contribution < -0.4 is 10.9 Å². The van der Waals surface area contributed by atoms with E-state index in [-0.39, 0.29) is 16.7 Å². The lowest BCUT2D eigenvalue weighted by molar-refractivity contribution is -0.120. The van der Waals surface area contributed by atoms with Gasteiger partial charge in [0.25, 0.3) is 5.56 Å². The van der Waals surface area contributed by atoms with Crippen LogP contribution in [0.1, 0.15) is 38.1 Å². The number of nitrogens with one attached hydrogen (secondary N) is 1. The average molecular weight is 433 g/mol. The lowest BCUT2D eigenvalue weighted by atomic mass is 9.92. The molecule has 0 bridgehead atoms. The Labute approximate surface area is 174 Å². The third-order valence-electron chi connectivity index (χ3n) is 5.56. The fourth-order valence-corrected chi connectivity index (χ4v) is 5.35. The van der Waals surface area contributed by atoms with E-state index >= 15 is 0 Å². The van der Waals surface area contributed by atoms with Gasteiger partial charge < -0.3 is 14.6 Å². The molecule has 1 saturated carbocycles. The summed E-state index contributed by atoms with van der Waals surface area (Å²) in [7, 11) is -3.48. The van der Waals surface area contributed by atoms with Crippen molar-refractivity contribution >= 4 is 21.6 Å². The summed E-state index contributed by atoms with van der Waals surface area (Å²) < 4.78 is 31.6. The second-order valence-corrected chi connectivity index (χ2v) is 9.97. The molecule has 2 aliphatic rings. The van der Waals surface area contributed by atoms with Gasteiger partial charge in [-0.1, -0.05) is 0 Å². The van der Waals surface area contributed by atoms with Gasteiger partial charge in [0.15, 0.2) is 15.7 Å². The number of amides is 1. The minimum atomic E-state index is -3.48. The fourth-order valence-electron chi connectivity index (χ4n) is 3.69. The molecule has 1 atom stereocenters. The molecule has 1 unspecified atom stereocenters. The van der Waals surface area contributed by atoms with Gasteiger partial charge >= 0.3 is 0 Å². The third kappa shape index (κ3) is 4.59. The predicted octanol–water partition coefficient (Wildman–Crippen LogP) is 1.57. The minimum Gasteiger partial charge on any atom is -0.381 e. The number of aromatic nitrogens is 3. The van der Waals surface area contributed by atoms with Gasteiger partial charge in [0.05, 0.1) is 16.3 Å². The molecular weight excluding hydrogens is 408 g/mol. The molecule has 1 amide bonds.